The Kier molecular flexibility index (Phi) is 17.0. The van der Waals surface area contributed by atoms with E-state index in [1.165, 1.54) is 64.2 Å². The first-order valence-corrected chi connectivity index (χ1v) is 12.8. The van der Waals surface area contributed by atoms with Gasteiger partial charge in [-0.3, -0.25) is 9.05 Å². The van der Waals surface area contributed by atoms with Gasteiger partial charge in [0.1, 0.15) is 13.2 Å². The smallest absolute Gasteiger partial charge is 0.327 e. The minimum Gasteiger partial charge on any atom is -0.327 e. The van der Waals surface area contributed by atoms with Gasteiger partial charge in [0.2, 0.25) is 0 Å². The molecule has 0 saturated heterocycles. The third-order valence-electron chi connectivity index (χ3n) is 5.03. The number of hydrogen-bond acceptors (Lipinski definition) is 3. The topological polar surface area (TPSA) is 55.8 Å². The van der Waals surface area contributed by atoms with Crippen LogP contribution in [0, 0.1) is 0 Å². The van der Waals surface area contributed by atoms with E-state index in [-0.39, 0.29) is 6.61 Å². The molecule has 0 aliphatic heterocycles. The summed E-state index contributed by atoms with van der Waals surface area (Å²) in [4.78, 5) is 9.72. The van der Waals surface area contributed by atoms with Gasteiger partial charge in [-0.2, -0.15) is 0 Å². The summed E-state index contributed by atoms with van der Waals surface area (Å²) in [6, 6.07) is 0. The first kappa shape index (κ1) is 27.1. The first-order chi connectivity index (χ1) is 12.8. The second-order valence-corrected chi connectivity index (χ2v) is 9.86. The number of hydrogen-bond donors (Lipinski definition) is 1. The highest BCUT2D eigenvalue weighted by molar-refractivity contribution is 7.47. The Morgan fingerprint density at radius 3 is 1.59 bits per heavy atom. The van der Waals surface area contributed by atoms with Crippen molar-refractivity contribution in [3.8, 4) is 0 Å². The maximum absolute atomic E-state index is 11.9. The number of rotatable bonds is 20. The SMILES string of the molecule is CCCCCCCCCCCCCCOP(=O)(O)OCC[N+](C)(C)CCC. The van der Waals surface area contributed by atoms with Gasteiger partial charge in [0.05, 0.1) is 27.2 Å². The molecule has 1 atom stereocenters. The summed E-state index contributed by atoms with van der Waals surface area (Å²) in [5.41, 5.74) is 0. The normalized spacial score (nSPS) is 14.4. The van der Waals surface area contributed by atoms with Gasteiger partial charge in [-0.1, -0.05) is 84.5 Å². The molecule has 0 saturated carbocycles. The van der Waals surface area contributed by atoms with Crippen molar-refractivity contribution < 1.29 is 23.0 Å². The summed E-state index contributed by atoms with van der Waals surface area (Å²) in [5.74, 6) is 0. The van der Waals surface area contributed by atoms with Crippen LogP contribution in [0.25, 0.3) is 0 Å². The second kappa shape index (κ2) is 17.0. The average Bonchev–Trinajstić information content (AvgIpc) is 2.58. The van der Waals surface area contributed by atoms with E-state index < -0.39 is 7.82 Å². The molecule has 6 heteroatoms. The van der Waals surface area contributed by atoms with Crippen LogP contribution in [0.1, 0.15) is 97.3 Å². The zero-order valence-electron chi connectivity index (χ0n) is 18.6. The van der Waals surface area contributed by atoms with Crippen LogP contribution in [-0.2, 0) is 13.6 Å². The van der Waals surface area contributed by atoms with E-state index in [4.69, 9.17) is 9.05 Å². The minimum absolute atomic E-state index is 0.249. The van der Waals surface area contributed by atoms with Gasteiger partial charge in [0.25, 0.3) is 0 Å². The summed E-state index contributed by atoms with van der Waals surface area (Å²) < 4.78 is 22.8. The average molecular weight is 409 g/mol. The summed E-state index contributed by atoms with van der Waals surface area (Å²) in [6.45, 7) is 6.68. The molecule has 0 aliphatic carbocycles. The van der Waals surface area contributed by atoms with E-state index in [2.05, 4.69) is 27.9 Å². The standard InChI is InChI=1S/C21H46NO4P/c1-5-7-8-9-10-11-12-13-14-15-16-17-20-25-27(23,24)26-21-19-22(3,4)18-6-2/h5-21H2,1-4H3/p+1. The van der Waals surface area contributed by atoms with Gasteiger partial charge >= 0.3 is 7.82 Å². The molecule has 0 rings (SSSR count). The van der Waals surface area contributed by atoms with E-state index in [0.717, 1.165) is 30.3 Å². The van der Waals surface area contributed by atoms with Crippen molar-refractivity contribution in [3.05, 3.63) is 0 Å². The molecule has 0 spiro atoms. The van der Waals surface area contributed by atoms with Gasteiger partial charge in [-0.15, -0.1) is 0 Å². The van der Waals surface area contributed by atoms with Crippen LogP contribution in [0.2, 0.25) is 0 Å². The van der Waals surface area contributed by atoms with Crippen LogP contribution in [0.5, 0.6) is 0 Å². The highest BCUT2D eigenvalue weighted by Gasteiger charge is 2.23. The summed E-state index contributed by atoms with van der Waals surface area (Å²) in [5, 5.41) is 0. The number of nitrogens with zero attached hydrogens (tertiary/aromatic N) is 1. The van der Waals surface area contributed by atoms with Crippen molar-refractivity contribution in [1.29, 1.82) is 0 Å². The lowest BCUT2D eigenvalue weighted by Crippen LogP contribution is -2.42. The lowest BCUT2D eigenvalue weighted by molar-refractivity contribution is -0.890. The van der Waals surface area contributed by atoms with Gasteiger partial charge in [0, 0.05) is 0 Å². The fourth-order valence-electron chi connectivity index (χ4n) is 3.28. The predicted molar refractivity (Wildman–Crippen MR) is 115 cm³/mol. The Hall–Kier alpha value is 0.0700. The van der Waals surface area contributed by atoms with Crippen molar-refractivity contribution in [2.24, 2.45) is 0 Å². The van der Waals surface area contributed by atoms with Crippen molar-refractivity contribution in [1.82, 2.24) is 0 Å². The van der Waals surface area contributed by atoms with E-state index in [0.29, 0.717) is 13.2 Å². The van der Waals surface area contributed by atoms with Crippen molar-refractivity contribution in [3.63, 3.8) is 0 Å². The molecule has 0 heterocycles. The van der Waals surface area contributed by atoms with Crippen LogP contribution in [0.3, 0.4) is 0 Å². The van der Waals surface area contributed by atoms with E-state index in [1.54, 1.807) is 0 Å². The number of quaternary nitrogens is 1. The number of phosphoric acid groups is 1. The molecule has 0 amide bonds. The lowest BCUT2D eigenvalue weighted by Gasteiger charge is -2.29. The summed E-state index contributed by atoms with van der Waals surface area (Å²) in [6.07, 6.45) is 16.3. The molecule has 1 unspecified atom stereocenters. The van der Waals surface area contributed by atoms with Crippen molar-refractivity contribution in [2.75, 3.05) is 40.4 Å². The molecule has 0 bridgehead atoms. The molecule has 0 fully saturated rings. The molecule has 27 heavy (non-hydrogen) atoms. The number of likely N-dealkylation sites (N-methyl/N-ethyl adjacent to an activating group) is 1. The monoisotopic (exact) mass is 408 g/mol. The third-order valence-corrected chi connectivity index (χ3v) is 6.05. The van der Waals surface area contributed by atoms with Crippen LogP contribution in [0.15, 0.2) is 0 Å². The summed E-state index contributed by atoms with van der Waals surface area (Å²) in [7, 11) is 0.310. The Morgan fingerprint density at radius 2 is 1.11 bits per heavy atom. The molecular formula is C21H47NO4P+. The highest BCUT2D eigenvalue weighted by Crippen LogP contribution is 2.43. The molecule has 164 valence electrons. The Balaban J connectivity index is 3.46. The van der Waals surface area contributed by atoms with E-state index in [1.807, 2.05) is 0 Å². The van der Waals surface area contributed by atoms with Gasteiger partial charge in [-0.25, -0.2) is 4.57 Å². The minimum atomic E-state index is -3.89. The third kappa shape index (κ3) is 19.2. The van der Waals surface area contributed by atoms with Gasteiger partial charge < -0.3 is 9.38 Å². The molecular weight excluding hydrogens is 361 g/mol. The fourth-order valence-corrected chi connectivity index (χ4v) is 4.03. The maximum Gasteiger partial charge on any atom is 0.472 e. The molecule has 0 aromatic heterocycles. The Labute approximate surface area is 169 Å². The molecule has 1 N–H and O–H groups in total. The molecule has 0 aromatic rings. The zero-order valence-corrected chi connectivity index (χ0v) is 19.5. The van der Waals surface area contributed by atoms with Gasteiger partial charge in [-0.05, 0) is 12.8 Å². The quantitative estimate of drug-likeness (QED) is 0.146. The van der Waals surface area contributed by atoms with Crippen molar-refractivity contribution >= 4 is 7.82 Å². The van der Waals surface area contributed by atoms with Gasteiger partial charge in [0.15, 0.2) is 0 Å². The fraction of sp³-hybridized carbons (Fsp3) is 1.00. The van der Waals surface area contributed by atoms with Crippen LogP contribution >= 0.6 is 7.82 Å². The van der Waals surface area contributed by atoms with Crippen LogP contribution in [-0.4, -0.2) is 49.8 Å². The van der Waals surface area contributed by atoms with Crippen molar-refractivity contribution in [2.45, 2.75) is 97.3 Å². The number of unbranched alkanes of at least 4 members (excludes halogenated alkanes) is 11. The Morgan fingerprint density at radius 1 is 0.667 bits per heavy atom. The maximum atomic E-state index is 11.9. The molecule has 0 aliphatic rings. The van der Waals surface area contributed by atoms with Crippen LogP contribution in [0.4, 0.5) is 0 Å². The second-order valence-electron chi connectivity index (χ2n) is 8.41. The molecule has 0 radical (unpaired) electrons. The highest BCUT2D eigenvalue weighted by atomic mass is 31.2. The molecule has 0 aromatic carbocycles. The Bertz CT molecular complexity index is 377. The van der Waals surface area contributed by atoms with Crippen LogP contribution < -0.4 is 0 Å². The van der Waals surface area contributed by atoms with E-state index >= 15 is 0 Å². The lowest BCUT2D eigenvalue weighted by atomic mass is 10.1. The number of phosphoric ester groups is 1. The molecule has 5 nitrogen and oxygen atoms in total. The largest absolute Gasteiger partial charge is 0.472 e. The first-order valence-electron chi connectivity index (χ1n) is 11.3. The van der Waals surface area contributed by atoms with E-state index in [9.17, 15) is 9.46 Å². The zero-order chi connectivity index (χ0) is 20.4. The summed E-state index contributed by atoms with van der Waals surface area (Å²) >= 11 is 0. The predicted octanol–water partition coefficient (Wildman–Crippen LogP) is 6.31.